The second kappa shape index (κ2) is 6.60. The van der Waals surface area contributed by atoms with Crippen molar-refractivity contribution in [3.05, 3.63) is 28.3 Å². The molecule has 0 aliphatic carbocycles. The van der Waals surface area contributed by atoms with E-state index in [1.165, 1.54) is 0 Å². The predicted octanol–water partition coefficient (Wildman–Crippen LogP) is 2.42. The van der Waals surface area contributed by atoms with Crippen molar-refractivity contribution in [2.24, 2.45) is 5.92 Å². The van der Waals surface area contributed by atoms with Crippen LogP contribution in [0.3, 0.4) is 0 Å². The molecular formula is C15H22ClNO2. The van der Waals surface area contributed by atoms with Crippen molar-refractivity contribution in [2.75, 3.05) is 19.7 Å². The molecule has 0 fully saturated rings. The van der Waals surface area contributed by atoms with E-state index < -0.39 is 6.10 Å². The number of hydrogen-bond donors (Lipinski definition) is 2. The Bertz CT molecular complexity index is 434. The molecule has 1 aromatic carbocycles. The number of aliphatic hydroxyl groups is 1. The molecule has 0 aromatic heterocycles. The molecular weight excluding hydrogens is 262 g/mol. The van der Waals surface area contributed by atoms with Crippen LogP contribution < -0.4 is 10.1 Å². The van der Waals surface area contributed by atoms with Crippen molar-refractivity contribution in [2.45, 2.75) is 32.8 Å². The first-order chi connectivity index (χ1) is 9.06. The summed E-state index contributed by atoms with van der Waals surface area (Å²) < 4.78 is 5.64. The van der Waals surface area contributed by atoms with E-state index in [2.05, 4.69) is 19.2 Å². The summed E-state index contributed by atoms with van der Waals surface area (Å²) in [6.45, 7) is 6.53. The Morgan fingerprint density at radius 2 is 2.16 bits per heavy atom. The molecule has 1 unspecified atom stereocenters. The maximum Gasteiger partial charge on any atom is 0.126 e. The molecule has 4 heteroatoms. The summed E-state index contributed by atoms with van der Waals surface area (Å²) in [6.07, 6.45) is 1.07. The molecule has 0 bridgehead atoms. The predicted molar refractivity (Wildman–Crippen MR) is 78.1 cm³/mol. The van der Waals surface area contributed by atoms with Crippen LogP contribution in [-0.2, 0) is 12.8 Å². The van der Waals surface area contributed by atoms with Gasteiger partial charge in [0.2, 0.25) is 0 Å². The van der Waals surface area contributed by atoms with Crippen molar-refractivity contribution < 1.29 is 9.84 Å². The Labute approximate surface area is 119 Å². The van der Waals surface area contributed by atoms with Gasteiger partial charge < -0.3 is 15.2 Å². The van der Waals surface area contributed by atoms with E-state index in [1.54, 1.807) is 0 Å². The van der Waals surface area contributed by atoms with Crippen molar-refractivity contribution in [3.8, 4) is 5.75 Å². The number of fused-ring (bicyclic) bond motifs is 1. The Hall–Kier alpha value is -0.770. The van der Waals surface area contributed by atoms with Crippen LogP contribution >= 0.6 is 11.6 Å². The van der Waals surface area contributed by atoms with Gasteiger partial charge in [-0.25, -0.2) is 0 Å². The first kappa shape index (κ1) is 14.6. The van der Waals surface area contributed by atoms with Crippen molar-refractivity contribution in [1.82, 2.24) is 5.32 Å². The molecule has 0 saturated heterocycles. The van der Waals surface area contributed by atoms with Crippen molar-refractivity contribution >= 4 is 11.6 Å². The Morgan fingerprint density at radius 1 is 1.37 bits per heavy atom. The number of aliphatic hydroxyl groups excluding tert-OH is 1. The van der Waals surface area contributed by atoms with Crippen LogP contribution in [0.15, 0.2) is 12.1 Å². The van der Waals surface area contributed by atoms with Crippen LogP contribution in [0.5, 0.6) is 5.75 Å². The topological polar surface area (TPSA) is 41.5 Å². The zero-order valence-electron chi connectivity index (χ0n) is 11.6. The molecule has 1 aliphatic rings. The second-order valence-electron chi connectivity index (χ2n) is 5.56. The summed E-state index contributed by atoms with van der Waals surface area (Å²) >= 11 is 6.11. The third-order valence-electron chi connectivity index (χ3n) is 3.21. The normalized spacial score (nSPS) is 15.4. The van der Waals surface area contributed by atoms with Crippen LogP contribution in [0.1, 0.15) is 25.0 Å². The van der Waals surface area contributed by atoms with Crippen molar-refractivity contribution in [1.29, 1.82) is 0 Å². The summed E-state index contributed by atoms with van der Waals surface area (Å²) in [6, 6.07) is 3.86. The molecule has 0 amide bonds. The summed E-state index contributed by atoms with van der Waals surface area (Å²) in [7, 11) is 0. The summed E-state index contributed by atoms with van der Waals surface area (Å²) in [5.41, 5.74) is 2.17. The molecule has 2 N–H and O–H groups in total. The molecule has 0 spiro atoms. The van der Waals surface area contributed by atoms with Crippen LogP contribution in [0.2, 0.25) is 5.02 Å². The first-order valence-electron chi connectivity index (χ1n) is 6.89. The highest BCUT2D eigenvalue weighted by Crippen LogP contribution is 2.33. The standard InChI is InChI=1S/C15H22ClNO2/c1-10(2)8-17-9-14(18)7-12-6-13(16)5-11-3-4-19-15(11)12/h5-6,10,14,17-18H,3-4,7-9H2,1-2H3. The minimum atomic E-state index is -0.412. The minimum absolute atomic E-state index is 0.412. The second-order valence-corrected chi connectivity index (χ2v) is 6.00. The largest absolute Gasteiger partial charge is 0.493 e. The van der Waals surface area contributed by atoms with Gasteiger partial charge in [0.05, 0.1) is 12.7 Å². The van der Waals surface area contributed by atoms with E-state index in [4.69, 9.17) is 16.3 Å². The molecule has 0 radical (unpaired) electrons. The Balaban J connectivity index is 1.95. The third kappa shape index (κ3) is 4.10. The van der Waals surface area contributed by atoms with E-state index in [0.29, 0.717) is 25.5 Å². The van der Waals surface area contributed by atoms with Gasteiger partial charge in [-0.05, 0) is 35.7 Å². The van der Waals surface area contributed by atoms with E-state index in [0.717, 1.165) is 34.9 Å². The number of ether oxygens (including phenoxy) is 1. The molecule has 19 heavy (non-hydrogen) atoms. The number of nitrogens with one attached hydrogen (secondary N) is 1. The monoisotopic (exact) mass is 283 g/mol. The molecule has 1 heterocycles. The number of halogens is 1. The zero-order valence-corrected chi connectivity index (χ0v) is 12.3. The van der Waals surface area contributed by atoms with Gasteiger partial charge in [-0.3, -0.25) is 0 Å². The highest BCUT2D eigenvalue weighted by Gasteiger charge is 2.19. The molecule has 2 rings (SSSR count). The average Bonchev–Trinajstić information content (AvgIpc) is 2.76. The SMILES string of the molecule is CC(C)CNCC(O)Cc1cc(Cl)cc2c1OCC2. The highest BCUT2D eigenvalue weighted by molar-refractivity contribution is 6.30. The summed E-state index contributed by atoms with van der Waals surface area (Å²) in [5, 5.41) is 14.1. The van der Waals surface area contributed by atoms with Crippen molar-refractivity contribution in [3.63, 3.8) is 0 Å². The molecule has 106 valence electrons. The van der Waals surface area contributed by atoms with Gasteiger partial charge in [0.15, 0.2) is 0 Å². The maximum atomic E-state index is 10.1. The van der Waals surface area contributed by atoms with Gasteiger partial charge in [-0.15, -0.1) is 0 Å². The molecule has 3 nitrogen and oxygen atoms in total. The van der Waals surface area contributed by atoms with Gasteiger partial charge >= 0.3 is 0 Å². The van der Waals surface area contributed by atoms with Crippen LogP contribution in [0, 0.1) is 5.92 Å². The van der Waals surface area contributed by atoms with Gasteiger partial charge in [-0.1, -0.05) is 25.4 Å². The van der Waals surface area contributed by atoms with E-state index in [1.807, 2.05) is 12.1 Å². The summed E-state index contributed by atoms with van der Waals surface area (Å²) in [5.74, 6) is 1.51. The Kier molecular flexibility index (Phi) is 5.08. The lowest BCUT2D eigenvalue weighted by atomic mass is 10.0. The van der Waals surface area contributed by atoms with Crippen LogP contribution in [-0.4, -0.2) is 30.9 Å². The molecule has 1 atom stereocenters. The lowest BCUT2D eigenvalue weighted by Gasteiger charge is -2.15. The van der Waals surface area contributed by atoms with E-state index in [-0.39, 0.29) is 0 Å². The molecule has 1 aromatic rings. The zero-order chi connectivity index (χ0) is 13.8. The number of hydrogen-bond acceptors (Lipinski definition) is 3. The smallest absolute Gasteiger partial charge is 0.126 e. The third-order valence-corrected chi connectivity index (χ3v) is 3.43. The first-order valence-corrected chi connectivity index (χ1v) is 7.27. The maximum absolute atomic E-state index is 10.1. The quantitative estimate of drug-likeness (QED) is 0.842. The average molecular weight is 284 g/mol. The van der Waals surface area contributed by atoms with Crippen LogP contribution in [0.25, 0.3) is 0 Å². The van der Waals surface area contributed by atoms with E-state index >= 15 is 0 Å². The minimum Gasteiger partial charge on any atom is -0.493 e. The van der Waals surface area contributed by atoms with Gasteiger partial charge in [0.1, 0.15) is 5.75 Å². The lowest BCUT2D eigenvalue weighted by molar-refractivity contribution is 0.169. The van der Waals surface area contributed by atoms with Gasteiger partial charge in [0.25, 0.3) is 0 Å². The fraction of sp³-hybridized carbons (Fsp3) is 0.600. The van der Waals surface area contributed by atoms with Gasteiger partial charge in [0, 0.05) is 24.4 Å². The molecule has 1 aliphatic heterocycles. The fourth-order valence-corrected chi connectivity index (χ4v) is 2.63. The summed E-state index contributed by atoms with van der Waals surface area (Å²) in [4.78, 5) is 0. The van der Waals surface area contributed by atoms with Crippen LogP contribution in [0.4, 0.5) is 0 Å². The molecule has 0 saturated carbocycles. The van der Waals surface area contributed by atoms with E-state index in [9.17, 15) is 5.11 Å². The van der Waals surface area contributed by atoms with Gasteiger partial charge in [-0.2, -0.15) is 0 Å². The number of rotatable bonds is 6. The number of benzene rings is 1. The highest BCUT2D eigenvalue weighted by atomic mass is 35.5. The Morgan fingerprint density at radius 3 is 2.89 bits per heavy atom. The lowest BCUT2D eigenvalue weighted by Crippen LogP contribution is -2.31. The fourth-order valence-electron chi connectivity index (χ4n) is 2.36.